The molecule has 0 unspecified atom stereocenters. The van der Waals surface area contributed by atoms with Crippen molar-refractivity contribution in [3.63, 3.8) is 0 Å². The van der Waals surface area contributed by atoms with Gasteiger partial charge in [0.2, 0.25) is 5.91 Å². The quantitative estimate of drug-likeness (QED) is 0.687. The van der Waals surface area contributed by atoms with Crippen LogP contribution in [0.3, 0.4) is 0 Å². The van der Waals surface area contributed by atoms with Crippen molar-refractivity contribution in [3.05, 3.63) is 23.2 Å². The SMILES string of the molecule is O=C1Nc2cc(Cl)ccc2NC12CC2. The third-order valence-electron chi connectivity index (χ3n) is 2.79. The second-order valence-electron chi connectivity index (χ2n) is 3.85. The fourth-order valence-corrected chi connectivity index (χ4v) is 1.93. The largest absolute Gasteiger partial charge is 0.370 e. The number of hydrogen-bond donors (Lipinski definition) is 2. The molecule has 0 atom stereocenters. The number of nitrogens with one attached hydrogen (secondary N) is 2. The monoisotopic (exact) mass is 208 g/mol. The molecule has 0 saturated heterocycles. The second kappa shape index (κ2) is 2.42. The predicted octanol–water partition coefficient (Wildman–Crippen LogP) is 2.24. The zero-order chi connectivity index (χ0) is 9.76. The maximum Gasteiger partial charge on any atom is 0.250 e. The molecule has 3 rings (SSSR count). The molecule has 1 aromatic carbocycles. The Morgan fingerprint density at radius 2 is 2.07 bits per heavy atom. The maximum absolute atomic E-state index is 11.6. The maximum atomic E-state index is 11.6. The molecule has 1 fully saturated rings. The molecule has 4 heteroatoms. The highest BCUT2D eigenvalue weighted by Gasteiger charge is 2.52. The summed E-state index contributed by atoms with van der Waals surface area (Å²) in [5, 5.41) is 6.76. The second-order valence-corrected chi connectivity index (χ2v) is 4.29. The summed E-state index contributed by atoms with van der Waals surface area (Å²) in [7, 11) is 0. The lowest BCUT2D eigenvalue weighted by Gasteiger charge is -2.26. The van der Waals surface area contributed by atoms with Crippen molar-refractivity contribution in [3.8, 4) is 0 Å². The van der Waals surface area contributed by atoms with Crippen LogP contribution in [0.15, 0.2) is 18.2 Å². The van der Waals surface area contributed by atoms with Gasteiger partial charge in [0, 0.05) is 5.02 Å². The Labute approximate surface area is 86.4 Å². The van der Waals surface area contributed by atoms with Crippen LogP contribution in [0.4, 0.5) is 11.4 Å². The van der Waals surface area contributed by atoms with Gasteiger partial charge in [0.05, 0.1) is 11.4 Å². The van der Waals surface area contributed by atoms with Crippen LogP contribution < -0.4 is 10.6 Å². The van der Waals surface area contributed by atoms with E-state index >= 15 is 0 Å². The van der Waals surface area contributed by atoms with Crippen LogP contribution >= 0.6 is 11.6 Å². The molecule has 1 amide bonds. The van der Waals surface area contributed by atoms with Gasteiger partial charge in [-0.2, -0.15) is 0 Å². The van der Waals surface area contributed by atoms with Crippen molar-refractivity contribution >= 4 is 28.9 Å². The highest BCUT2D eigenvalue weighted by molar-refractivity contribution is 6.31. The van der Waals surface area contributed by atoms with E-state index in [4.69, 9.17) is 11.6 Å². The van der Waals surface area contributed by atoms with Crippen molar-refractivity contribution in [1.82, 2.24) is 0 Å². The summed E-state index contributed by atoms with van der Waals surface area (Å²) in [4.78, 5) is 11.6. The van der Waals surface area contributed by atoms with E-state index in [1.807, 2.05) is 12.1 Å². The van der Waals surface area contributed by atoms with E-state index in [9.17, 15) is 4.79 Å². The van der Waals surface area contributed by atoms with E-state index in [2.05, 4.69) is 10.6 Å². The van der Waals surface area contributed by atoms with Gasteiger partial charge in [-0.1, -0.05) is 11.6 Å². The van der Waals surface area contributed by atoms with Crippen LogP contribution in [-0.2, 0) is 4.79 Å². The van der Waals surface area contributed by atoms with Gasteiger partial charge in [0.1, 0.15) is 5.54 Å². The fourth-order valence-electron chi connectivity index (χ4n) is 1.76. The molecule has 1 saturated carbocycles. The number of rotatable bonds is 0. The number of hydrogen-bond acceptors (Lipinski definition) is 2. The summed E-state index contributed by atoms with van der Waals surface area (Å²) in [6.07, 6.45) is 1.84. The first kappa shape index (κ1) is 8.12. The van der Waals surface area contributed by atoms with Crippen LogP contribution in [0.5, 0.6) is 0 Å². The number of benzene rings is 1. The van der Waals surface area contributed by atoms with Gasteiger partial charge in [-0.15, -0.1) is 0 Å². The molecule has 1 aromatic rings. The third-order valence-corrected chi connectivity index (χ3v) is 3.02. The van der Waals surface area contributed by atoms with Gasteiger partial charge in [0.15, 0.2) is 0 Å². The standard InChI is InChI=1S/C10H9ClN2O/c11-6-1-2-7-8(5-6)12-9(14)10(13-7)3-4-10/h1-2,5,13H,3-4H2,(H,12,14). The molecule has 0 aromatic heterocycles. The molecule has 0 radical (unpaired) electrons. The molecule has 0 bridgehead atoms. The van der Waals surface area contributed by atoms with Crippen molar-refractivity contribution in [2.75, 3.05) is 10.6 Å². The zero-order valence-electron chi connectivity index (χ0n) is 7.43. The van der Waals surface area contributed by atoms with Crippen LogP contribution in [0.1, 0.15) is 12.8 Å². The van der Waals surface area contributed by atoms with Crippen LogP contribution in [0.25, 0.3) is 0 Å². The van der Waals surface area contributed by atoms with Crippen molar-refractivity contribution in [2.24, 2.45) is 0 Å². The molecular weight excluding hydrogens is 200 g/mol. The smallest absolute Gasteiger partial charge is 0.250 e. The van der Waals surface area contributed by atoms with Gasteiger partial charge in [-0.05, 0) is 31.0 Å². The first-order valence-electron chi connectivity index (χ1n) is 4.59. The van der Waals surface area contributed by atoms with E-state index in [1.54, 1.807) is 6.07 Å². The van der Waals surface area contributed by atoms with Crippen molar-refractivity contribution in [2.45, 2.75) is 18.4 Å². The number of fused-ring (bicyclic) bond motifs is 1. The zero-order valence-corrected chi connectivity index (χ0v) is 8.19. The molecule has 3 nitrogen and oxygen atoms in total. The van der Waals surface area contributed by atoms with E-state index in [0.717, 1.165) is 24.2 Å². The van der Waals surface area contributed by atoms with Gasteiger partial charge >= 0.3 is 0 Å². The first-order chi connectivity index (χ1) is 6.70. The molecule has 1 spiro atoms. The molecule has 2 N–H and O–H groups in total. The Bertz CT molecular complexity index is 426. The third kappa shape index (κ3) is 1.02. The molecule has 1 aliphatic carbocycles. The lowest BCUT2D eigenvalue weighted by atomic mass is 10.1. The molecule has 72 valence electrons. The average molecular weight is 209 g/mol. The molecule has 1 aliphatic heterocycles. The summed E-state index contributed by atoms with van der Waals surface area (Å²) in [6.45, 7) is 0. The fraction of sp³-hybridized carbons (Fsp3) is 0.300. The first-order valence-corrected chi connectivity index (χ1v) is 4.97. The molecule has 1 heterocycles. The minimum Gasteiger partial charge on any atom is -0.370 e. The van der Waals surface area contributed by atoms with E-state index in [0.29, 0.717) is 5.02 Å². The predicted molar refractivity (Wildman–Crippen MR) is 55.7 cm³/mol. The Kier molecular flexibility index (Phi) is 1.40. The number of carbonyl (C=O) groups is 1. The number of anilines is 2. The lowest BCUT2D eigenvalue weighted by Crippen LogP contribution is -2.40. The highest BCUT2D eigenvalue weighted by atomic mass is 35.5. The van der Waals surface area contributed by atoms with E-state index in [-0.39, 0.29) is 11.4 Å². The van der Waals surface area contributed by atoms with E-state index < -0.39 is 0 Å². The minimum atomic E-state index is -0.319. The minimum absolute atomic E-state index is 0.0623. The highest BCUT2D eigenvalue weighted by Crippen LogP contribution is 2.45. The Hall–Kier alpha value is -1.22. The normalized spacial score (nSPS) is 21.1. The topological polar surface area (TPSA) is 41.1 Å². The summed E-state index contributed by atoms with van der Waals surface area (Å²) >= 11 is 5.83. The number of halogens is 1. The molecule has 2 aliphatic rings. The van der Waals surface area contributed by atoms with E-state index in [1.165, 1.54) is 0 Å². The van der Waals surface area contributed by atoms with Crippen molar-refractivity contribution in [1.29, 1.82) is 0 Å². The summed E-state index contributed by atoms with van der Waals surface area (Å²) < 4.78 is 0. The van der Waals surface area contributed by atoms with Gasteiger partial charge in [-0.25, -0.2) is 0 Å². The number of amides is 1. The Balaban J connectivity index is 2.06. The van der Waals surface area contributed by atoms with Crippen LogP contribution in [0.2, 0.25) is 5.02 Å². The summed E-state index contributed by atoms with van der Waals surface area (Å²) in [5.74, 6) is 0.0623. The molecule has 14 heavy (non-hydrogen) atoms. The Morgan fingerprint density at radius 3 is 2.79 bits per heavy atom. The van der Waals surface area contributed by atoms with Gasteiger partial charge in [0.25, 0.3) is 0 Å². The average Bonchev–Trinajstić information content (AvgIpc) is 2.89. The Morgan fingerprint density at radius 1 is 1.29 bits per heavy atom. The van der Waals surface area contributed by atoms with Crippen LogP contribution in [0, 0.1) is 0 Å². The summed E-state index contributed by atoms with van der Waals surface area (Å²) in [6, 6.07) is 5.48. The van der Waals surface area contributed by atoms with Crippen molar-refractivity contribution < 1.29 is 4.79 Å². The summed E-state index contributed by atoms with van der Waals surface area (Å²) in [5.41, 5.74) is 1.42. The van der Waals surface area contributed by atoms with Gasteiger partial charge in [-0.3, -0.25) is 4.79 Å². The lowest BCUT2D eigenvalue weighted by molar-refractivity contribution is -0.117. The molecular formula is C10H9ClN2O. The van der Waals surface area contributed by atoms with Crippen LogP contribution in [-0.4, -0.2) is 11.4 Å². The number of carbonyl (C=O) groups excluding carboxylic acids is 1. The van der Waals surface area contributed by atoms with Gasteiger partial charge < -0.3 is 10.6 Å².